The zero-order valence-corrected chi connectivity index (χ0v) is 10.8. The Morgan fingerprint density at radius 3 is 2.83 bits per heavy atom. The van der Waals surface area contributed by atoms with E-state index in [-0.39, 0.29) is 11.9 Å². The molecule has 6 heteroatoms. The van der Waals surface area contributed by atoms with Gasteiger partial charge in [-0.3, -0.25) is 5.43 Å². The van der Waals surface area contributed by atoms with Crippen molar-refractivity contribution in [1.29, 1.82) is 0 Å². The first kappa shape index (κ1) is 14.4. The molecule has 1 aromatic carbocycles. The molecule has 1 aromatic rings. The Morgan fingerprint density at radius 2 is 2.28 bits per heavy atom. The molecule has 0 saturated carbocycles. The quantitative estimate of drug-likeness (QED) is 0.329. The zero-order chi connectivity index (χ0) is 13.5. The second-order valence-corrected chi connectivity index (χ2v) is 4.03. The van der Waals surface area contributed by atoms with Gasteiger partial charge in [0.1, 0.15) is 5.82 Å². The number of aliphatic imine (C=N–C) groups is 1. The van der Waals surface area contributed by atoms with Gasteiger partial charge in [-0.1, -0.05) is 6.07 Å². The Hall–Kier alpha value is -1.66. The van der Waals surface area contributed by atoms with E-state index in [0.29, 0.717) is 18.3 Å². The Bertz CT molecular complexity index is 423. The summed E-state index contributed by atoms with van der Waals surface area (Å²) in [4.78, 5) is 4.22. The highest BCUT2D eigenvalue weighted by molar-refractivity contribution is 5.93. The number of hydrazine groups is 1. The maximum absolute atomic E-state index is 13.6. The molecule has 0 aliphatic rings. The van der Waals surface area contributed by atoms with Crippen molar-refractivity contribution >= 4 is 11.6 Å². The van der Waals surface area contributed by atoms with Crippen LogP contribution < -0.4 is 16.6 Å². The van der Waals surface area contributed by atoms with Crippen LogP contribution in [0.15, 0.2) is 23.2 Å². The number of nitrogens with one attached hydrogen (secondary N) is 2. The molecule has 0 saturated heterocycles. The van der Waals surface area contributed by atoms with Gasteiger partial charge in [0.05, 0.1) is 18.3 Å². The lowest BCUT2D eigenvalue weighted by molar-refractivity contribution is 0.185. The van der Waals surface area contributed by atoms with Crippen LogP contribution in [0, 0.1) is 12.7 Å². The molecule has 0 aliphatic heterocycles. The number of benzene rings is 1. The second-order valence-electron chi connectivity index (χ2n) is 4.03. The number of halogens is 1. The Balaban J connectivity index is 2.79. The SMILES string of the molecule is COCC(C)N=C(NN)Nc1ccc(C)cc1F. The molecule has 4 N–H and O–H groups in total. The molecule has 5 nitrogen and oxygen atoms in total. The molecule has 0 bridgehead atoms. The van der Waals surface area contributed by atoms with Crippen molar-refractivity contribution in [3.63, 3.8) is 0 Å². The topological polar surface area (TPSA) is 71.7 Å². The van der Waals surface area contributed by atoms with Crippen LogP contribution in [0.4, 0.5) is 10.1 Å². The van der Waals surface area contributed by atoms with Gasteiger partial charge in [-0.25, -0.2) is 15.2 Å². The van der Waals surface area contributed by atoms with Crippen LogP contribution in [0.1, 0.15) is 12.5 Å². The number of nitrogens with zero attached hydrogens (tertiary/aromatic N) is 1. The molecule has 1 rings (SSSR count). The minimum atomic E-state index is -0.350. The maximum atomic E-state index is 13.6. The number of nitrogens with two attached hydrogens (primary N) is 1. The second kappa shape index (κ2) is 6.93. The molecule has 0 heterocycles. The third-order valence-electron chi connectivity index (χ3n) is 2.27. The van der Waals surface area contributed by atoms with Crippen molar-refractivity contribution in [2.24, 2.45) is 10.8 Å². The summed E-state index contributed by atoms with van der Waals surface area (Å²) in [5, 5.41) is 2.80. The van der Waals surface area contributed by atoms with E-state index in [9.17, 15) is 4.39 Å². The third-order valence-corrected chi connectivity index (χ3v) is 2.27. The average Bonchev–Trinajstić information content (AvgIpc) is 2.31. The molecule has 0 aliphatic carbocycles. The van der Waals surface area contributed by atoms with Gasteiger partial charge >= 0.3 is 0 Å². The first-order valence-electron chi connectivity index (χ1n) is 5.63. The van der Waals surface area contributed by atoms with Crippen LogP contribution in [0.2, 0.25) is 0 Å². The summed E-state index contributed by atoms with van der Waals surface area (Å²) < 4.78 is 18.6. The van der Waals surface area contributed by atoms with Gasteiger partial charge < -0.3 is 10.1 Å². The lowest BCUT2D eigenvalue weighted by Gasteiger charge is -2.13. The van der Waals surface area contributed by atoms with Crippen LogP contribution in [0.3, 0.4) is 0 Å². The molecule has 0 amide bonds. The van der Waals surface area contributed by atoms with E-state index in [1.807, 2.05) is 13.8 Å². The van der Waals surface area contributed by atoms with E-state index < -0.39 is 0 Å². The average molecular weight is 254 g/mol. The number of anilines is 1. The van der Waals surface area contributed by atoms with Crippen molar-refractivity contribution in [2.45, 2.75) is 19.9 Å². The molecule has 0 aromatic heterocycles. The molecule has 0 spiro atoms. The van der Waals surface area contributed by atoms with Gasteiger partial charge in [-0.15, -0.1) is 0 Å². The van der Waals surface area contributed by atoms with E-state index in [0.717, 1.165) is 5.56 Å². The summed E-state index contributed by atoms with van der Waals surface area (Å²) in [5.41, 5.74) is 3.57. The molecule has 0 fully saturated rings. The van der Waals surface area contributed by atoms with Crippen molar-refractivity contribution in [2.75, 3.05) is 19.0 Å². The van der Waals surface area contributed by atoms with E-state index in [1.165, 1.54) is 6.07 Å². The lowest BCUT2D eigenvalue weighted by atomic mass is 10.2. The maximum Gasteiger partial charge on any atom is 0.210 e. The van der Waals surface area contributed by atoms with Crippen molar-refractivity contribution in [3.05, 3.63) is 29.6 Å². The van der Waals surface area contributed by atoms with Gasteiger partial charge in [0.15, 0.2) is 0 Å². The summed E-state index contributed by atoms with van der Waals surface area (Å²) in [6.07, 6.45) is 0. The van der Waals surface area contributed by atoms with Gasteiger partial charge in [0.25, 0.3) is 0 Å². The summed E-state index contributed by atoms with van der Waals surface area (Å²) in [7, 11) is 1.59. The predicted octanol–water partition coefficient (Wildman–Crippen LogP) is 1.40. The number of ether oxygens (including phenoxy) is 1. The molecular weight excluding hydrogens is 235 g/mol. The number of aryl methyl sites for hydroxylation is 1. The van der Waals surface area contributed by atoms with Gasteiger partial charge in [-0.05, 0) is 31.5 Å². The van der Waals surface area contributed by atoms with E-state index in [1.54, 1.807) is 19.2 Å². The minimum Gasteiger partial charge on any atom is -0.382 e. The molecule has 18 heavy (non-hydrogen) atoms. The highest BCUT2D eigenvalue weighted by Gasteiger charge is 2.06. The number of methoxy groups -OCH3 is 1. The number of guanidine groups is 1. The Kier molecular flexibility index (Phi) is 5.54. The minimum absolute atomic E-state index is 0.0814. The molecule has 1 unspecified atom stereocenters. The summed E-state index contributed by atoms with van der Waals surface area (Å²) >= 11 is 0. The monoisotopic (exact) mass is 254 g/mol. The van der Waals surface area contributed by atoms with Crippen molar-refractivity contribution in [3.8, 4) is 0 Å². The lowest BCUT2D eigenvalue weighted by Crippen LogP contribution is -2.37. The Labute approximate surface area is 106 Å². The first-order chi connectivity index (χ1) is 8.56. The Morgan fingerprint density at radius 1 is 1.56 bits per heavy atom. The van der Waals surface area contributed by atoms with Crippen LogP contribution in [0.5, 0.6) is 0 Å². The first-order valence-corrected chi connectivity index (χ1v) is 5.63. The van der Waals surface area contributed by atoms with Crippen molar-refractivity contribution in [1.82, 2.24) is 5.43 Å². The molecule has 1 atom stereocenters. The fourth-order valence-corrected chi connectivity index (χ4v) is 1.45. The van der Waals surface area contributed by atoms with Crippen LogP contribution in [-0.2, 0) is 4.74 Å². The van der Waals surface area contributed by atoms with E-state index in [4.69, 9.17) is 10.6 Å². The fourth-order valence-electron chi connectivity index (χ4n) is 1.45. The van der Waals surface area contributed by atoms with Gasteiger partial charge in [0.2, 0.25) is 5.96 Å². The van der Waals surface area contributed by atoms with Crippen LogP contribution in [-0.4, -0.2) is 25.7 Å². The van der Waals surface area contributed by atoms with E-state index in [2.05, 4.69) is 15.7 Å². The normalized spacial score (nSPS) is 13.3. The standard InChI is InChI=1S/C12H19FN4O/c1-8-4-5-11(10(13)6-8)16-12(17-14)15-9(2)7-18-3/h4-6,9H,7,14H2,1-3H3,(H2,15,16,17). The molecule has 100 valence electrons. The summed E-state index contributed by atoms with van der Waals surface area (Å²) in [5.74, 6) is 5.28. The summed E-state index contributed by atoms with van der Waals surface area (Å²) in [6.45, 7) is 4.15. The van der Waals surface area contributed by atoms with Gasteiger partial charge in [0, 0.05) is 7.11 Å². The third kappa shape index (κ3) is 4.31. The highest BCUT2D eigenvalue weighted by atomic mass is 19.1. The molecular formula is C12H19FN4O. The predicted molar refractivity (Wildman–Crippen MR) is 70.9 cm³/mol. The largest absolute Gasteiger partial charge is 0.382 e. The van der Waals surface area contributed by atoms with Crippen LogP contribution in [0.25, 0.3) is 0 Å². The number of hydrogen-bond donors (Lipinski definition) is 3. The zero-order valence-electron chi connectivity index (χ0n) is 10.8. The smallest absolute Gasteiger partial charge is 0.210 e. The highest BCUT2D eigenvalue weighted by Crippen LogP contribution is 2.14. The fraction of sp³-hybridized carbons (Fsp3) is 0.417. The number of rotatable bonds is 4. The number of hydrogen-bond acceptors (Lipinski definition) is 3. The van der Waals surface area contributed by atoms with Crippen LogP contribution >= 0.6 is 0 Å². The molecule has 0 radical (unpaired) electrons. The van der Waals surface area contributed by atoms with Crippen molar-refractivity contribution < 1.29 is 9.13 Å². The van der Waals surface area contributed by atoms with Gasteiger partial charge in [-0.2, -0.15) is 0 Å². The summed E-state index contributed by atoms with van der Waals surface area (Å²) in [6, 6.07) is 4.80. The van der Waals surface area contributed by atoms with E-state index >= 15 is 0 Å².